The number of fused-ring (bicyclic) bond motifs is 1. The molecule has 1 aliphatic rings. The molecule has 0 saturated carbocycles. The molecule has 1 amide bonds. The molecule has 1 aromatic heterocycles. The van der Waals surface area contributed by atoms with Crippen LogP contribution in [0, 0.1) is 5.92 Å². The number of Topliss-reactive ketones (excluding diaryl/α,β-unsaturated/α-hetero) is 1. The third-order valence-corrected chi connectivity index (χ3v) is 5.96. The SMILES string of the molecule is CC(=O)c1ccc(NC(=O)[C@H](C)OC(=O)c2cc3c(s2)CC[C@H](C)C3)cc1. The Balaban J connectivity index is 1.59. The van der Waals surface area contributed by atoms with Crippen LogP contribution in [0.2, 0.25) is 0 Å². The summed E-state index contributed by atoms with van der Waals surface area (Å²) in [6.07, 6.45) is 2.22. The third kappa shape index (κ3) is 4.63. The number of ketones is 1. The number of carbonyl (C=O) groups is 3. The molecule has 0 bridgehead atoms. The first-order valence-electron chi connectivity index (χ1n) is 9.08. The van der Waals surface area contributed by atoms with Gasteiger partial charge in [0.05, 0.1) is 0 Å². The predicted octanol–water partition coefficient (Wildman–Crippen LogP) is 4.26. The molecule has 0 aliphatic heterocycles. The highest BCUT2D eigenvalue weighted by molar-refractivity contribution is 7.14. The average molecular weight is 385 g/mol. The van der Waals surface area contributed by atoms with Gasteiger partial charge in [-0.25, -0.2) is 4.79 Å². The highest BCUT2D eigenvalue weighted by Crippen LogP contribution is 2.32. The van der Waals surface area contributed by atoms with E-state index >= 15 is 0 Å². The highest BCUT2D eigenvalue weighted by Gasteiger charge is 2.24. The molecule has 0 radical (unpaired) electrons. The number of rotatable bonds is 5. The molecule has 0 unspecified atom stereocenters. The molecule has 0 saturated heterocycles. The van der Waals surface area contributed by atoms with Crippen LogP contribution >= 0.6 is 11.3 Å². The minimum Gasteiger partial charge on any atom is -0.448 e. The average Bonchev–Trinajstić information content (AvgIpc) is 3.05. The van der Waals surface area contributed by atoms with Gasteiger partial charge in [-0.1, -0.05) is 6.92 Å². The van der Waals surface area contributed by atoms with E-state index in [0.717, 1.165) is 19.3 Å². The van der Waals surface area contributed by atoms with Gasteiger partial charge in [0.25, 0.3) is 5.91 Å². The Morgan fingerprint density at radius 3 is 2.59 bits per heavy atom. The van der Waals surface area contributed by atoms with E-state index in [1.54, 1.807) is 31.2 Å². The summed E-state index contributed by atoms with van der Waals surface area (Å²) in [6.45, 7) is 5.25. The largest absolute Gasteiger partial charge is 0.448 e. The minimum absolute atomic E-state index is 0.0387. The van der Waals surface area contributed by atoms with E-state index in [2.05, 4.69) is 12.2 Å². The summed E-state index contributed by atoms with van der Waals surface area (Å²) in [5.41, 5.74) is 2.35. The molecule has 2 aromatic rings. The van der Waals surface area contributed by atoms with E-state index in [0.29, 0.717) is 22.0 Å². The van der Waals surface area contributed by atoms with Crippen molar-refractivity contribution in [2.24, 2.45) is 5.92 Å². The second-order valence-electron chi connectivity index (χ2n) is 7.08. The van der Waals surface area contributed by atoms with Crippen molar-refractivity contribution < 1.29 is 19.1 Å². The minimum atomic E-state index is -0.914. The van der Waals surface area contributed by atoms with Crippen molar-refractivity contribution in [2.45, 2.75) is 46.1 Å². The lowest BCUT2D eigenvalue weighted by Gasteiger charge is -2.16. The summed E-state index contributed by atoms with van der Waals surface area (Å²) in [5, 5.41) is 2.70. The molecular formula is C21H23NO4S. The number of thiophene rings is 1. The Labute approximate surface area is 162 Å². The summed E-state index contributed by atoms with van der Waals surface area (Å²) in [7, 11) is 0. The third-order valence-electron chi connectivity index (χ3n) is 4.74. The number of hydrogen-bond donors (Lipinski definition) is 1. The van der Waals surface area contributed by atoms with Crippen molar-refractivity contribution in [3.63, 3.8) is 0 Å². The van der Waals surface area contributed by atoms with Crippen LogP contribution in [0.15, 0.2) is 30.3 Å². The van der Waals surface area contributed by atoms with E-state index < -0.39 is 18.0 Å². The van der Waals surface area contributed by atoms with Crippen LogP contribution in [-0.2, 0) is 22.4 Å². The fraction of sp³-hybridized carbons (Fsp3) is 0.381. The number of hydrogen-bond acceptors (Lipinski definition) is 5. The first-order chi connectivity index (χ1) is 12.8. The van der Waals surface area contributed by atoms with Crippen LogP contribution < -0.4 is 5.32 Å². The molecule has 1 aliphatic carbocycles. The van der Waals surface area contributed by atoms with E-state index in [9.17, 15) is 14.4 Å². The first kappa shape index (κ1) is 19.3. The van der Waals surface area contributed by atoms with Crippen molar-refractivity contribution in [2.75, 3.05) is 5.32 Å². The van der Waals surface area contributed by atoms with E-state index in [1.165, 1.54) is 28.7 Å². The lowest BCUT2D eigenvalue weighted by Crippen LogP contribution is -2.29. The van der Waals surface area contributed by atoms with E-state index in [1.807, 2.05) is 6.07 Å². The number of amides is 1. The normalized spacial score (nSPS) is 16.9. The van der Waals surface area contributed by atoms with Gasteiger partial charge in [-0.05, 0) is 74.9 Å². The Morgan fingerprint density at radius 2 is 1.93 bits per heavy atom. The molecule has 2 atom stereocenters. The summed E-state index contributed by atoms with van der Waals surface area (Å²) in [5.74, 6) is -0.274. The number of aryl methyl sites for hydroxylation is 1. The topological polar surface area (TPSA) is 72.5 Å². The number of anilines is 1. The Kier molecular flexibility index (Phi) is 5.75. The highest BCUT2D eigenvalue weighted by atomic mass is 32.1. The van der Waals surface area contributed by atoms with Crippen molar-refractivity contribution in [3.8, 4) is 0 Å². The van der Waals surface area contributed by atoms with Crippen LogP contribution in [0.25, 0.3) is 0 Å². The Bertz CT molecular complexity index is 869. The number of nitrogens with one attached hydrogen (secondary N) is 1. The quantitative estimate of drug-likeness (QED) is 0.617. The van der Waals surface area contributed by atoms with Gasteiger partial charge in [0.2, 0.25) is 0 Å². The maximum atomic E-state index is 12.4. The van der Waals surface area contributed by atoms with Crippen LogP contribution in [-0.4, -0.2) is 23.8 Å². The monoisotopic (exact) mass is 385 g/mol. The van der Waals surface area contributed by atoms with Gasteiger partial charge >= 0.3 is 5.97 Å². The maximum Gasteiger partial charge on any atom is 0.349 e. The molecule has 142 valence electrons. The molecule has 1 aromatic carbocycles. The van der Waals surface area contributed by atoms with E-state index in [4.69, 9.17) is 4.74 Å². The maximum absolute atomic E-state index is 12.4. The fourth-order valence-corrected chi connectivity index (χ4v) is 4.20. The summed E-state index contributed by atoms with van der Waals surface area (Å²) in [4.78, 5) is 37.8. The molecule has 5 nitrogen and oxygen atoms in total. The Hall–Kier alpha value is -2.47. The molecule has 0 spiro atoms. The first-order valence-corrected chi connectivity index (χ1v) is 9.89. The van der Waals surface area contributed by atoms with Gasteiger partial charge in [-0.2, -0.15) is 0 Å². The number of carbonyl (C=O) groups excluding carboxylic acids is 3. The van der Waals surface area contributed by atoms with Crippen LogP contribution in [0.1, 0.15) is 57.7 Å². The van der Waals surface area contributed by atoms with E-state index in [-0.39, 0.29) is 5.78 Å². The summed E-state index contributed by atoms with van der Waals surface area (Å²) in [6, 6.07) is 8.50. The van der Waals surface area contributed by atoms with Crippen molar-refractivity contribution in [1.82, 2.24) is 0 Å². The number of benzene rings is 1. The zero-order chi connectivity index (χ0) is 19.6. The van der Waals surface area contributed by atoms with Gasteiger partial charge in [0.1, 0.15) is 4.88 Å². The van der Waals surface area contributed by atoms with Crippen LogP contribution in [0.4, 0.5) is 5.69 Å². The van der Waals surface area contributed by atoms with Crippen LogP contribution in [0.5, 0.6) is 0 Å². The zero-order valence-electron chi connectivity index (χ0n) is 15.7. The van der Waals surface area contributed by atoms with Gasteiger partial charge in [-0.15, -0.1) is 11.3 Å². The number of ether oxygens (including phenoxy) is 1. The molecule has 1 heterocycles. The standard InChI is InChI=1S/C21H23NO4S/c1-12-4-9-18-16(10-12)11-19(27-18)21(25)26-14(3)20(24)22-17-7-5-15(6-8-17)13(2)23/h5-8,11-12,14H,4,9-10H2,1-3H3,(H,22,24)/t12-,14-/m0/s1. The molecule has 1 N–H and O–H groups in total. The fourth-order valence-electron chi connectivity index (χ4n) is 3.11. The number of esters is 1. The van der Waals surface area contributed by atoms with Crippen molar-refractivity contribution in [1.29, 1.82) is 0 Å². The zero-order valence-corrected chi connectivity index (χ0v) is 16.5. The molecular weight excluding hydrogens is 362 g/mol. The predicted molar refractivity (Wildman–Crippen MR) is 105 cm³/mol. The molecule has 6 heteroatoms. The van der Waals surface area contributed by atoms with Gasteiger partial charge in [0.15, 0.2) is 11.9 Å². The van der Waals surface area contributed by atoms with Crippen LogP contribution in [0.3, 0.4) is 0 Å². The molecule has 3 rings (SSSR count). The second kappa shape index (κ2) is 8.05. The van der Waals surface area contributed by atoms with Gasteiger partial charge < -0.3 is 10.1 Å². The summed E-state index contributed by atoms with van der Waals surface area (Å²) >= 11 is 1.47. The van der Waals surface area contributed by atoms with Gasteiger partial charge in [-0.3, -0.25) is 9.59 Å². The summed E-state index contributed by atoms with van der Waals surface area (Å²) < 4.78 is 5.34. The Morgan fingerprint density at radius 1 is 1.22 bits per heavy atom. The molecule has 0 fully saturated rings. The lowest BCUT2D eigenvalue weighted by atomic mass is 9.90. The van der Waals surface area contributed by atoms with Gasteiger partial charge in [0, 0.05) is 16.1 Å². The second-order valence-corrected chi connectivity index (χ2v) is 8.21. The van der Waals surface area contributed by atoms with Crippen molar-refractivity contribution in [3.05, 3.63) is 51.2 Å². The smallest absolute Gasteiger partial charge is 0.349 e. The van der Waals surface area contributed by atoms with Crippen molar-refractivity contribution >= 4 is 34.7 Å². The lowest BCUT2D eigenvalue weighted by molar-refractivity contribution is -0.123. The molecule has 27 heavy (non-hydrogen) atoms.